The van der Waals surface area contributed by atoms with Crippen molar-refractivity contribution in [1.82, 2.24) is 9.78 Å². The van der Waals surface area contributed by atoms with E-state index >= 15 is 0 Å². The number of hydrogen-bond acceptors (Lipinski definition) is 3. The monoisotopic (exact) mass is 276 g/mol. The highest BCUT2D eigenvalue weighted by Crippen LogP contribution is 2.22. The molecular formula is C14H16N2O2S. The van der Waals surface area contributed by atoms with E-state index in [0.717, 1.165) is 22.8 Å². The Labute approximate surface area is 116 Å². The maximum absolute atomic E-state index is 10.6. The average Bonchev–Trinajstić information content (AvgIpc) is 2.85. The molecule has 1 N–H and O–H groups in total. The van der Waals surface area contributed by atoms with Crippen molar-refractivity contribution in [2.45, 2.75) is 30.5 Å². The first kappa shape index (κ1) is 13.7. The number of carboxylic acids is 1. The predicted molar refractivity (Wildman–Crippen MR) is 75.2 cm³/mol. The molecule has 0 fully saturated rings. The number of aromatic nitrogens is 2. The highest BCUT2D eigenvalue weighted by molar-refractivity contribution is 7.98. The van der Waals surface area contributed by atoms with Gasteiger partial charge >= 0.3 is 5.97 Å². The lowest BCUT2D eigenvalue weighted by atomic mass is 10.2. The topological polar surface area (TPSA) is 55.1 Å². The lowest BCUT2D eigenvalue weighted by Gasteiger charge is -2.01. The second kappa shape index (κ2) is 6.43. The summed E-state index contributed by atoms with van der Waals surface area (Å²) in [5.41, 5.74) is 2.03. The Balaban J connectivity index is 1.90. The van der Waals surface area contributed by atoms with Crippen LogP contribution in [0.2, 0.25) is 0 Å². The third-order valence-electron chi connectivity index (χ3n) is 2.69. The molecule has 0 aliphatic heterocycles. The van der Waals surface area contributed by atoms with Crippen LogP contribution >= 0.6 is 11.8 Å². The average molecular weight is 276 g/mol. The summed E-state index contributed by atoms with van der Waals surface area (Å²) < 4.78 is 1.91. The fourth-order valence-corrected chi connectivity index (χ4v) is 2.51. The highest BCUT2D eigenvalue weighted by Gasteiger charge is 2.02. The van der Waals surface area contributed by atoms with Crippen LogP contribution in [0.5, 0.6) is 0 Å². The molecule has 1 aromatic heterocycles. The fraction of sp³-hybridized carbons (Fsp3) is 0.286. The quantitative estimate of drug-likeness (QED) is 0.824. The van der Waals surface area contributed by atoms with Gasteiger partial charge in [0.25, 0.3) is 0 Å². The van der Waals surface area contributed by atoms with Gasteiger partial charge in [-0.15, -0.1) is 11.8 Å². The van der Waals surface area contributed by atoms with E-state index in [0.29, 0.717) is 0 Å². The Kier molecular flexibility index (Phi) is 4.63. The molecule has 100 valence electrons. The SMILES string of the molecule is CCn1cc(CSc2ccc(CC(=O)O)cc2)cn1. The van der Waals surface area contributed by atoms with Gasteiger partial charge in [0.1, 0.15) is 0 Å². The lowest BCUT2D eigenvalue weighted by Crippen LogP contribution is -1.99. The zero-order chi connectivity index (χ0) is 13.7. The molecule has 1 heterocycles. The number of hydrogen-bond donors (Lipinski definition) is 1. The molecule has 1 aromatic carbocycles. The molecule has 0 bridgehead atoms. The third kappa shape index (κ3) is 4.13. The maximum Gasteiger partial charge on any atom is 0.307 e. The van der Waals surface area contributed by atoms with Gasteiger partial charge in [0.05, 0.1) is 12.6 Å². The second-order valence-corrected chi connectivity index (χ2v) is 5.26. The minimum atomic E-state index is -0.799. The molecular weight excluding hydrogens is 260 g/mol. The van der Waals surface area contributed by atoms with Gasteiger partial charge in [-0.2, -0.15) is 5.10 Å². The molecule has 2 rings (SSSR count). The predicted octanol–water partition coefficient (Wildman–Crippen LogP) is 2.82. The zero-order valence-corrected chi connectivity index (χ0v) is 11.6. The summed E-state index contributed by atoms with van der Waals surface area (Å²) in [6.07, 6.45) is 4.01. The molecule has 0 radical (unpaired) electrons. The molecule has 0 saturated heterocycles. The Morgan fingerprint density at radius 2 is 2.05 bits per heavy atom. The first-order valence-corrected chi connectivity index (χ1v) is 7.11. The van der Waals surface area contributed by atoms with Crippen molar-refractivity contribution in [3.05, 3.63) is 47.8 Å². The van der Waals surface area contributed by atoms with Crippen LogP contribution in [-0.4, -0.2) is 20.9 Å². The summed E-state index contributed by atoms with van der Waals surface area (Å²) in [5, 5.41) is 12.9. The number of nitrogens with zero attached hydrogens (tertiary/aromatic N) is 2. The van der Waals surface area contributed by atoms with E-state index in [9.17, 15) is 4.79 Å². The fourth-order valence-electron chi connectivity index (χ4n) is 1.70. The largest absolute Gasteiger partial charge is 0.481 e. The molecule has 4 nitrogen and oxygen atoms in total. The molecule has 0 aliphatic carbocycles. The summed E-state index contributed by atoms with van der Waals surface area (Å²) >= 11 is 1.72. The number of aliphatic carboxylic acids is 1. The van der Waals surface area contributed by atoms with E-state index in [4.69, 9.17) is 5.11 Å². The summed E-state index contributed by atoms with van der Waals surface area (Å²) in [4.78, 5) is 11.7. The van der Waals surface area contributed by atoms with Crippen LogP contribution in [0.15, 0.2) is 41.6 Å². The third-order valence-corrected chi connectivity index (χ3v) is 3.78. The van der Waals surface area contributed by atoms with E-state index < -0.39 is 5.97 Å². The van der Waals surface area contributed by atoms with Gasteiger partial charge in [0, 0.05) is 29.0 Å². The van der Waals surface area contributed by atoms with Crippen LogP contribution in [0.3, 0.4) is 0 Å². The van der Waals surface area contributed by atoms with Gasteiger partial charge < -0.3 is 5.11 Å². The highest BCUT2D eigenvalue weighted by atomic mass is 32.2. The normalized spacial score (nSPS) is 10.6. The Hall–Kier alpha value is -1.75. The number of benzene rings is 1. The minimum absolute atomic E-state index is 0.0776. The summed E-state index contributed by atoms with van der Waals surface area (Å²) in [7, 11) is 0. The van der Waals surface area contributed by atoms with Gasteiger partial charge in [-0.1, -0.05) is 12.1 Å². The van der Waals surface area contributed by atoms with Crippen LogP contribution in [0.1, 0.15) is 18.1 Å². The van der Waals surface area contributed by atoms with Gasteiger partial charge in [-0.25, -0.2) is 0 Å². The number of rotatable bonds is 6. The van der Waals surface area contributed by atoms with E-state index in [1.807, 2.05) is 41.3 Å². The van der Waals surface area contributed by atoms with E-state index in [2.05, 4.69) is 12.0 Å². The van der Waals surface area contributed by atoms with Crippen molar-refractivity contribution in [3.8, 4) is 0 Å². The summed E-state index contributed by atoms with van der Waals surface area (Å²) in [6.45, 7) is 2.94. The molecule has 0 aliphatic rings. The molecule has 19 heavy (non-hydrogen) atoms. The van der Waals surface area contributed by atoms with Gasteiger partial charge in [0.15, 0.2) is 0 Å². The smallest absolute Gasteiger partial charge is 0.307 e. The molecule has 0 saturated carbocycles. The number of carboxylic acid groups (broad SMARTS) is 1. The van der Waals surface area contributed by atoms with Crippen molar-refractivity contribution >= 4 is 17.7 Å². The Morgan fingerprint density at radius 3 is 2.63 bits per heavy atom. The van der Waals surface area contributed by atoms with Crippen molar-refractivity contribution < 1.29 is 9.90 Å². The molecule has 2 aromatic rings. The van der Waals surface area contributed by atoms with Gasteiger partial charge in [-0.05, 0) is 24.6 Å². The maximum atomic E-state index is 10.6. The lowest BCUT2D eigenvalue weighted by molar-refractivity contribution is -0.136. The number of aryl methyl sites for hydroxylation is 1. The number of carbonyl (C=O) groups is 1. The first-order valence-electron chi connectivity index (χ1n) is 6.12. The Bertz CT molecular complexity index is 549. The summed E-state index contributed by atoms with van der Waals surface area (Å²) in [6, 6.07) is 7.66. The summed E-state index contributed by atoms with van der Waals surface area (Å²) in [5.74, 6) is 0.0746. The van der Waals surface area contributed by atoms with Crippen LogP contribution < -0.4 is 0 Å². The van der Waals surface area contributed by atoms with Crippen molar-refractivity contribution in [3.63, 3.8) is 0 Å². The van der Waals surface area contributed by atoms with Crippen LogP contribution in [0, 0.1) is 0 Å². The molecule has 0 unspecified atom stereocenters. The molecule has 0 atom stereocenters. The van der Waals surface area contributed by atoms with Crippen LogP contribution in [0.25, 0.3) is 0 Å². The van der Waals surface area contributed by atoms with Gasteiger partial charge in [0.2, 0.25) is 0 Å². The van der Waals surface area contributed by atoms with Crippen molar-refractivity contribution in [1.29, 1.82) is 0 Å². The van der Waals surface area contributed by atoms with Crippen molar-refractivity contribution in [2.75, 3.05) is 0 Å². The van der Waals surface area contributed by atoms with Gasteiger partial charge in [-0.3, -0.25) is 9.48 Å². The first-order chi connectivity index (χ1) is 9.17. The van der Waals surface area contributed by atoms with Crippen molar-refractivity contribution in [2.24, 2.45) is 0 Å². The second-order valence-electron chi connectivity index (χ2n) is 4.21. The molecule has 0 amide bonds. The van der Waals surface area contributed by atoms with E-state index in [1.54, 1.807) is 11.8 Å². The molecule has 0 spiro atoms. The van der Waals surface area contributed by atoms with Crippen LogP contribution in [-0.2, 0) is 23.5 Å². The van der Waals surface area contributed by atoms with Crippen LogP contribution in [0.4, 0.5) is 0 Å². The Morgan fingerprint density at radius 1 is 1.32 bits per heavy atom. The van der Waals surface area contributed by atoms with E-state index in [1.165, 1.54) is 5.56 Å². The standard InChI is InChI=1S/C14H16N2O2S/c1-2-16-9-12(8-15-16)10-19-13-5-3-11(4-6-13)7-14(17)18/h3-6,8-9H,2,7,10H2,1H3,(H,17,18). The van der Waals surface area contributed by atoms with E-state index in [-0.39, 0.29) is 6.42 Å². The minimum Gasteiger partial charge on any atom is -0.481 e. The molecule has 5 heteroatoms. The zero-order valence-electron chi connectivity index (χ0n) is 10.7. The number of thioether (sulfide) groups is 1.